The zero-order valence-electron chi connectivity index (χ0n) is 8.97. The summed E-state index contributed by atoms with van der Waals surface area (Å²) in [7, 11) is 0. The third-order valence-electron chi connectivity index (χ3n) is 2.27. The van der Waals surface area contributed by atoms with Crippen molar-refractivity contribution in [3.05, 3.63) is 50.0 Å². The molecule has 88 valence electrons. The largest absolute Gasteiger partial charge is 0.338 e. The SMILES string of the molecule is Cc1ccnc(Nc2ccc(Cl)cc2Br)c1Br. The van der Waals surface area contributed by atoms with E-state index in [-0.39, 0.29) is 0 Å². The van der Waals surface area contributed by atoms with Gasteiger partial charge in [-0.2, -0.15) is 0 Å². The number of halogens is 3. The topological polar surface area (TPSA) is 24.9 Å². The maximum absolute atomic E-state index is 5.89. The zero-order valence-corrected chi connectivity index (χ0v) is 12.9. The Labute approximate surface area is 122 Å². The van der Waals surface area contributed by atoms with Gasteiger partial charge in [0, 0.05) is 15.7 Å². The van der Waals surface area contributed by atoms with Crippen molar-refractivity contribution >= 4 is 55.0 Å². The van der Waals surface area contributed by atoms with Gasteiger partial charge in [-0.15, -0.1) is 0 Å². The van der Waals surface area contributed by atoms with Gasteiger partial charge >= 0.3 is 0 Å². The summed E-state index contributed by atoms with van der Waals surface area (Å²) >= 11 is 12.9. The molecule has 1 N–H and O–H groups in total. The summed E-state index contributed by atoms with van der Waals surface area (Å²) < 4.78 is 1.86. The van der Waals surface area contributed by atoms with E-state index in [0.29, 0.717) is 5.02 Å². The Balaban J connectivity index is 2.35. The molecule has 0 saturated heterocycles. The number of aromatic nitrogens is 1. The van der Waals surface area contributed by atoms with E-state index in [0.717, 1.165) is 26.0 Å². The average molecular weight is 376 g/mol. The molecule has 0 saturated carbocycles. The molecule has 0 unspecified atom stereocenters. The maximum Gasteiger partial charge on any atom is 0.144 e. The molecule has 0 atom stereocenters. The molecule has 17 heavy (non-hydrogen) atoms. The lowest BCUT2D eigenvalue weighted by atomic mass is 10.3. The van der Waals surface area contributed by atoms with Gasteiger partial charge in [0.1, 0.15) is 5.82 Å². The summed E-state index contributed by atoms with van der Waals surface area (Å²) in [6.45, 7) is 2.02. The first kappa shape index (κ1) is 12.9. The standard InChI is InChI=1S/C12H9Br2ClN2/c1-7-4-5-16-12(11(7)14)17-10-3-2-8(15)6-9(10)13/h2-6H,1H3,(H,16,17). The molecule has 0 radical (unpaired) electrons. The Hall–Kier alpha value is -0.580. The fraction of sp³-hybridized carbons (Fsp3) is 0.0833. The smallest absolute Gasteiger partial charge is 0.144 e. The van der Waals surface area contributed by atoms with Crippen molar-refractivity contribution in [3.8, 4) is 0 Å². The minimum absolute atomic E-state index is 0.693. The number of anilines is 2. The normalized spacial score (nSPS) is 10.4. The Morgan fingerprint density at radius 1 is 1.24 bits per heavy atom. The number of hydrogen-bond acceptors (Lipinski definition) is 2. The van der Waals surface area contributed by atoms with Crippen LogP contribution >= 0.6 is 43.5 Å². The van der Waals surface area contributed by atoms with Gasteiger partial charge in [-0.25, -0.2) is 4.98 Å². The molecule has 0 aliphatic heterocycles. The molecule has 5 heteroatoms. The molecule has 0 aliphatic carbocycles. The Bertz CT molecular complexity index is 558. The van der Waals surface area contributed by atoms with E-state index in [4.69, 9.17) is 11.6 Å². The van der Waals surface area contributed by atoms with Crippen LogP contribution in [-0.2, 0) is 0 Å². The summed E-state index contributed by atoms with van der Waals surface area (Å²) in [5.74, 6) is 0.785. The van der Waals surface area contributed by atoms with Gasteiger partial charge in [-0.3, -0.25) is 0 Å². The first-order chi connectivity index (χ1) is 8.08. The highest BCUT2D eigenvalue weighted by atomic mass is 79.9. The minimum Gasteiger partial charge on any atom is -0.338 e. The lowest BCUT2D eigenvalue weighted by Gasteiger charge is -2.10. The van der Waals surface area contributed by atoms with Gasteiger partial charge in [0.2, 0.25) is 0 Å². The van der Waals surface area contributed by atoms with E-state index >= 15 is 0 Å². The highest BCUT2D eigenvalue weighted by molar-refractivity contribution is 9.11. The maximum atomic E-state index is 5.89. The van der Waals surface area contributed by atoms with Crippen molar-refractivity contribution < 1.29 is 0 Å². The van der Waals surface area contributed by atoms with E-state index in [1.165, 1.54) is 0 Å². The number of nitrogens with zero attached hydrogens (tertiary/aromatic N) is 1. The summed E-state index contributed by atoms with van der Waals surface area (Å²) in [4.78, 5) is 4.29. The fourth-order valence-electron chi connectivity index (χ4n) is 1.35. The predicted octanol–water partition coefficient (Wildman–Crippen LogP) is 5.31. The number of nitrogens with one attached hydrogen (secondary N) is 1. The van der Waals surface area contributed by atoms with Crippen molar-refractivity contribution in [2.45, 2.75) is 6.92 Å². The van der Waals surface area contributed by atoms with Gasteiger partial charge in [0.15, 0.2) is 0 Å². The Morgan fingerprint density at radius 3 is 2.71 bits per heavy atom. The first-order valence-electron chi connectivity index (χ1n) is 4.91. The number of hydrogen-bond donors (Lipinski definition) is 1. The highest BCUT2D eigenvalue weighted by Gasteiger charge is 2.06. The quantitative estimate of drug-likeness (QED) is 0.768. The van der Waals surface area contributed by atoms with Crippen molar-refractivity contribution in [2.24, 2.45) is 0 Å². The average Bonchev–Trinajstić information content (AvgIpc) is 2.28. The molecular weight excluding hydrogens is 367 g/mol. The van der Waals surface area contributed by atoms with Gasteiger partial charge in [-0.1, -0.05) is 11.6 Å². The van der Waals surface area contributed by atoms with E-state index < -0.39 is 0 Å². The van der Waals surface area contributed by atoms with Crippen LogP contribution in [0.15, 0.2) is 39.4 Å². The second-order valence-electron chi connectivity index (χ2n) is 3.54. The Morgan fingerprint density at radius 2 is 2.00 bits per heavy atom. The molecule has 1 aromatic carbocycles. The molecule has 2 rings (SSSR count). The molecular formula is C12H9Br2ClN2. The third-order valence-corrected chi connectivity index (χ3v) is 4.16. The van der Waals surface area contributed by atoms with Crippen LogP contribution in [0.2, 0.25) is 5.02 Å². The Kier molecular flexibility index (Phi) is 4.07. The molecule has 0 aliphatic rings. The van der Waals surface area contributed by atoms with Crippen molar-refractivity contribution in [2.75, 3.05) is 5.32 Å². The first-order valence-corrected chi connectivity index (χ1v) is 6.87. The van der Waals surface area contributed by atoms with E-state index in [2.05, 4.69) is 42.2 Å². The van der Waals surface area contributed by atoms with Crippen LogP contribution in [-0.4, -0.2) is 4.98 Å². The summed E-state index contributed by atoms with van der Waals surface area (Å²) in [6.07, 6.45) is 1.77. The van der Waals surface area contributed by atoms with E-state index in [1.54, 1.807) is 6.20 Å². The lowest BCUT2D eigenvalue weighted by molar-refractivity contribution is 1.25. The summed E-state index contributed by atoms with van der Waals surface area (Å²) in [5.41, 5.74) is 2.06. The number of aryl methyl sites for hydroxylation is 1. The van der Waals surface area contributed by atoms with Gasteiger partial charge in [-0.05, 0) is 68.6 Å². The van der Waals surface area contributed by atoms with Crippen molar-refractivity contribution in [1.82, 2.24) is 4.98 Å². The van der Waals surface area contributed by atoms with Crippen LogP contribution in [0.5, 0.6) is 0 Å². The summed E-state index contributed by atoms with van der Waals surface area (Å²) in [6, 6.07) is 7.53. The molecule has 0 bridgehead atoms. The molecule has 1 heterocycles. The van der Waals surface area contributed by atoms with Crippen molar-refractivity contribution in [3.63, 3.8) is 0 Å². The van der Waals surface area contributed by atoms with Crippen LogP contribution < -0.4 is 5.32 Å². The predicted molar refractivity (Wildman–Crippen MR) is 79.1 cm³/mol. The number of pyridine rings is 1. The third kappa shape index (κ3) is 3.00. The molecule has 1 aromatic heterocycles. The molecule has 0 spiro atoms. The van der Waals surface area contributed by atoms with E-state index in [1.807, 2.05) is 31.2 Å². The van der Waals surface area contributed by atoms with Crippen LogP contribution in [0.3, 0.4) is 0 Å². The zero-order chi connectivity index (χ0) is 12.4. The second-order valence-corrected chi connectivity index (χ2v) is 5.62. The second kappa shape index (κ2) is 5.38. The highest BCUT2D eigenvalue weighted by Crippen LogP contribution is 2.31. The van der Waals surface area contributed by atoms with Crippen LogP contribution in [0.25, 0.3) is 0 Å². The van der Waals surface area contributed by atoms with Gasteiger partial charge in [0.05, 0.1) is 10.2 Å². The lowest BCUT2D eigenvalue weighted by Crippen LogP contribution is -1.96. The minimum atomic E-state index is 0.693. The summed E-state index contributed by atoms with van der Waals surface area (Å²) in [5, 5.41) is 3.94. The van der Waals surface area contributed by atoms with Gasteiger partial charge < -0.3 is 5.32 Å². The monoisotopic (exact) mass is 374 g/mol. The van der Waals surface area contributed by atoms with Crippen LogP contribution in [0.4, 0.5) is 11.5 Å². The number of benzene rings is 1. The molecule has 0 fully saturated rings. The van der Waals surface area contributed by atoms with Crippen LogP contribution in [0.1, 0.15) is 5.56 Å². The number of rotatable bonds is 2. The molecule has 2 aromatic rings. The molecule has 2 nitrogen and oxygen atoms in total. The fourth-order valence-corrected chi connectivity index (χ4v) is 2.46. The molecule has 0 amide bonds. The van der Waals surface area contributed by atoms with Crippen LogP contribution in [0, 0.1) is 6.92 Å². The van der Waals surface area contributed by atoms with Gasteiger partial charge in [0.25, 0.3) is 0 Å². The van der Waals surface area contributed by atoms with E-state index in [9.17, 15) is 0 Å². The van der Waals surface area contributed by atoms with Crippen molar-refractivity contribution in [1.29, 1.82) is 0 Å².